The number of nitrogens with zero attached hydrogens (tertiary/aromatic N) is 2. The van der Waals surface area contributed by atoms with E-state index in [1.807, 2.05) is 11.8 Å². The number of hydrogen-bond acceptors (Lipinski definition) is 3. The molecule has 3 nitrogen and oxygen atoms in total. The molecule has 1 saturated heterocycles. The van der Waals surface area contributed by atoms with E-state index in [0.29, 0.717) is 11.3 Å². The highest BCUT2D eigenvalue weighted by molar-refractivity contribution is 8.04. The van der Waals surface area contributed by atoms with Gasteiger partial charge in [0.1, 0.15) is 6.54 Å². The van der Waals surface area contributed by atoms with Crippen LogP contribution in [0, 0.1) is 0 Å². The Morgan fingerprint density at radius 2 is 2.20 bits per heavy atom. The second-order valence-electron chi connectivity index (χ2n) is 6.87. The number of likely N-dealkylation sites (N-methyl/N-ethyl adjacent to an activating group) is 1. The number of thioether (sulfide) groups is 1. The van der Waals surface area contributed by atoms with E-state index in [2.05, 4.69) is 71.3 Å². The first-order valence-corrected chi connectivity index (χ1v) is 10.0. The first kappa shape index (κ1) is 16.7. The van der Waals surface area contributed by atoms with Crippen LogP contribution in [0.25, 0.3) is 17.0 Å². The predicted octanol–water partition coefficient (Wildman–Crippen LogP) is 3.54. The molecule has 4 rings (SSSR count). The molecule has 2 heterocycles. The van der Waals surface area contributed by atoms with Gasteiger partial charge in [-0.05, 0) is 37.1 Å². The number of aryl methyl sites for hydroxylation is 1. The molecule has 2 unspecified atom stereocenters. The van der Waals surface area contributed by atoms with Crippen LogP contribution in [-0.2, 0) is 6.54 Å². The van der Waals surface area contributed by atoms with Gasteiger partial charge in [0, 0.05) is 30.9 Å². The zero-order chi connectivity index (χ0) is 17.2. The van der Waals surface area contributed by atoms with Crippen LogP contribution in [0.5, 0.6) is 0 Å². The molecular weight excluding hydrogens is 326 g/mol. The van der Waals surface area contributed by atoms with Crippen molar-refractivity contribution >= 4 is 28.7 Å². The van der Waals surface area contributed by atoms with Crippen LogP contribution in [0.3, 0.4) is 0 Å². The Morgan fingerprint density at radius 3 is 3.04 bits per heavy atom. The third kappa shape index (κ3) is 3.21. The number of nitrogens with two attached hydrogens (primary N) is 1. The summed E-state index contributed by atoms with van der Waals surface area (Å²) in [5.74, 6) is 0. The van der Waals surface area contributed by atoms with Crippen LogP contribution < -0.4 is 10.3 Å². The van der Waals surface area contributed by atoms with Gasteiger partial charge in [0.2, 0.25) is 5.52 Å². The number of para-hydroxylation sites is 1. The number of rotatable bonds is 4. The Balaban J connectivity index is 1.71. The molecule has 25 heavy (non-hydrogen) atoms. The lowest BCUT2D eigenvalue weighted by atomic mass is 10.0. The van der Waals surface area contributed by atoms with Crippen molar-refractivity contribution in [3.05, 3.63) is 59.3 Å². The molecule has 1 aliphatic heterocycles. The first-order chi connectivity index (χ1) is 12.3. The van der Waals surface area contributed by atoms with Gasteiger partial charge < -0.3 is 10.6 Å². The van der Waals surface area contributed by atoms with Gasteiger partial charge in [0.05, 0.1) is 16.5 Å². The zero-order valence-electron chi connectivity index (χ0n) is 14.8. The average molecular weight is 353 g/mol. The quantitative estimate of drug-likeness (QED) is 0.675. The topological polar surface area (TPSA) is 33.1 Å². The highest BCUT2D eigenvalue weighted by Gasteiger charge is 2.35. The molecule has 130 valence electrons. The third-order valence-electron chi connectivity index (χ3n) is 5.24. The van der Waals surface area contributed by atoms with Crippen LogP contribution in [-0.4, -0.2) is 29.8 Å². The van der Waals surface area contributed by atoms with Crippen LogP contribution in [0.4, 0.5) is 0 Å². The molecule has 0 spiro atoms. The molecule has 1 fully saturated rings. The van der Waals surface area contributed by atoms with E-state index in [0.717, 1.165) is 19.5 Å². The fraction of sp³-hybridized carbons (Fsp3) is 0.381. The number of fused-ring (bicyclic) bond motifs is 2. The molecule has 0 bridgehead atoms. The standard InChI is InChI=1S/C21H26N3S/c1-23-19-9-4-5-10-20(19)25-21(23)15-16-11-14-24(13-6-12-22)18-8-3-2-7-17(16)18/h2-4,7-9,11,14-15,19-20H,5-6,10,12-13,22H2,1H3/q+1. The fourth-order valence-corrected chi connectivity index (χ4v) is 5.30. The maximum atomic E-state index is 5.70. The van der Waals surface area contributed by atoms with Crippen molar-refractivity contribution in [3.8, 4) is 0 Å². The molecule has 2 aliphatic rings. The Kier molecular flexibility index (Phi) is 4.82. The summed E-state index contributed by atoms with van der Waals surface area (Å²) < 4.78 is 2.32. The van der Waals surface area contributed by atoms with Crippen LogP contribution in [0.15, 0.2) is 53.7 Å². The van der Waals surface area contributed by atoms with Gasteiger partial charge in [0.25, 0.3) is 0 Å². The molecule has 2 atom stereocenters. The Bertz CT molecular complexity index is 827. The number of hydrogen-bond donors (Lipinski definition) is 1. The normalized spacial score (nSPS) is 24.2. The molecule has 1 aromatic carbocycles. The van der Waals surface area contributed by atoms with Crippen molar-refractivity contribution < 1.29 is 4.57 Å². The number of pyridine rings is 1. The second-order valence-corrected chi connectivity index (χ2v) is 8.13. The SMILES string of the molecule is CN1C(=Cc2cc[n+](CCCN)c3ccccc23)SC2CCC=CC21. The number of aromatic nitrogens is 1. The third-order valence-corrected chi connectivity index (χ3v) is 6.70. The van der Waals surface area contributed by atoms with Crippen molar-refractivity contribution in [2.24, 2.45) is 5.73 Å². The maximum absolute atomic E-state index is 5.70. The van der Waals surface area contributed by atoms with E-state index >= 15 is 0 Å². The Morgan fingerprint density at radius 1 is 1.32 bits per heavy atom. The van der Waals surface area contributed by atoms with E-state index in [1.54, 1.807) is 0 Å². The molecule has 2 aromatic rings. The molecule has 0 saturated carbocycles. The van der Waals surface area contributed by atoms with Gasteiger partial charge >= 0.3 is 0 Å². The zero-order valence-corrected chi connectivity index (χ0v) is 15.6. The van der Waals surface area contributed by atoms with Gasteiger partial charge in [-0.2, -0.15) is 4.57 Å². The van der Waals surface area contributed by atoms with E-state index in [1.165, 1.54) is 34.3 Å². The largest absolute Gasteiger partial charge is 0.362 e. The Labute approximate surface area is 154 Å². The summed E-state index contributed by atoms with van der Waals surface area (Å²) in [7, 11) is 2.23. The lowest BCUT2D eigenvalue weighted by Crippen LogP contribution is -2.35. The van der Waals surface area contributed by atoms with Gasteiger partial charge in [-0.15, -0.1) is 11.8 Å². The average Bonchev–Trinajstić information content (AvgIpc) is 2.97. The molecule has 0 amide bonds. The fourth-order valence-electron chi connectivity index (χ4n) is 3.84. The second kappa shape index (κ2) is 7.22. The summed E-state index contributed by atoms with van der Waals surface area (Å²) in [5, 5.41) is 3.39. The molecule has 1 aliphatic carbocycles. The molecule has 4 heteroatoms. The Hall–Kier alpha value is -1.78. The lowest BCUT2D eigenvalue weighted by molar-refractivity contribution is -0.671. The van der Waals surface area contributed by atoms with Crippen LogP contribution >= 0.6 is 11.8 Å². The number of allylic oxidation sites excluding steroid dienone is 1. The summed E-state index contributed by atoms with van der Waals surface area (Å²) >= 11 is 2.04. The van der Waals surface area contributed by atoms with Crippen molar-refractivity contribution in [2.45, 2.75) is 37.1 Å². The molecule has 2 N–H and O–H groups in total. The van der Waals surface area contributed by atoms with E-state index in [9.17, 15) is 0 Å². The smallest absolute Gasteiger partial charge is 0.213 e. The summed E-state index contributed by atoms with van der Waals surface area (Å²) in [6, 6.07) is 11.5. The summed E-state index contributed by atoms with van der Waals surface area (Å²) in [5.41, 5.74) is 8.28. The summed E-state index contributed by atoms with van der Waals surface area (Å²) in [6.07, 6.45) is 12.8. The van der Waals surface area contributed by atoms with Gasteiger partial charge in [-0.1, -0.05) is 24.3 Å². The minimum Gasteiger partial charge on any atom is -0.362 e. The minimum absolute atomic E-state index is 0.550. The van der Waals surface area contributed by atoms with E-state index in [4.69, 9.17) is 5.73 Å². The van der Waals surface area contributed by atoms with Gasteiger partial charge in [-0.3, -0.25) is 0 Å². The maximum Gasteiger partial charge on any atom is 0.213 e. The van der Waals surface area contributed by atoms with E-state index < -0.39 is 0 Å². The summed E-state index contributed by atoms with van der Waals surface area (Å²) in [6.45, 7) is 1.70. The van der Waals surface area contributed by atoms with Crippen molar-refractivity contribution in [3.63, 3.8) is 0 Å². The van der Waals surface area contributed by atoms with Crippen molar-refractivity contribution in [2.75, 3.05) is 13.6 Å². The minimum atomic E-state index is 0.550. The van der Waals surface area contributed by atoms with Gasteiger partial charge in [-0.25, -0.2) is 0 Å². The summed E-state index contributed by atoms with van der Waals surface area (Å²) in [4.78, 5) is 2.44. The predicted molar refractivity (Wildman–Crippen MR) is 107 cm³/mol. The number of benzene rings is 1. The first-order valence-electron chi connectivity index (χ1n) is 9.17. The molecule has 0 radical (unpaired) electrons. The highest BCUT2D eigenvalue weighted by Crippen LogP contribution is 2.43. The highest BCUT2D eigenvalue weighted by atomic mass is 32.2. The van der Waals surface area contributed by atoms with Crippen LogP contribution in [0.2, 0.25) is 0 Å². The van der Waals surface area contributed by atoms with Gasteiger partial charge in [0.15, 0.2) is 6.20 Å². The van der Waals surface area contributed by atoms with Crippen molar-refractivity contribution in [1.29, 1.82) is 0 Å². The van der Waals surface area contributed by atoms with E-state index in [-0.39, 0.29) is 0 Å². The lowest BCUT2D eigenvalue weighted by Gasteiger charge is -2.24. The van der Waals surface area contributed by atoms with Crippen molar-refractivity contribution in [1.82, 2.24) is 4.90 Å². The monoisotopic (exact) mass is 352 g/mol. The van der Waals surface area contributed by atoms with Crippen LogP contribution in [0.1, 0.15) is 24.8 Å². The molecule has 1 aromatic heterocycles. The molecular formula is C21H26N3S+.